The molecule has 0 saturated carbocycles. The van der Waals surface area contributed by atoms with E-state index in [1.807, 2.05) is 61.5 Å². The molecule has 0 bridgehead atoms. The van der Waals surface area contributed by atoms with Crippen molar-refractivity contribution >= 4 is 11.6 Å². The normalized spacial score (nSPS) is 11.0. The highest BCUT2D eigenvalue weighted by Crippen LogP contribution is 2.12. The molecule has 102 valence electrons. The zero-order valence-electron chi connectivity index (χ0n) is 11.6. The summed E-state index contributed by atoms with van der Waals surface area (Å²) >= 11 is 0. The maximum Gasteiger partial charge on any atom is 0.254 e. The van der Waals surface area contributed by atoms with Crippen LogP contribution in [0.4, 0.5) is 5.69 Å². The Morgan fingerprint density at radius 1 is 1.05 bits per heavy atom. The van der Waals surface area contributed by atoms with Crippen LogP contribution in [0.25, 0.3) is 0 Å². The number of para-hydroxylation sites is 1. The average Bonchev–Trinajstić information content (AvgIpc) is 2.48. The van der Waals surface area contributed by atoms with Crippen LogP contribution in [0, 0.1) is 6.92 Å². The fraction of sp³-hybridized carbons (Fsp3) is 0.118. The van der Waals surface area contributed by atoms with Gasteiger partial charge in [0.25, 0.3) is 5.91 Å². The molecule has 3 heteroatoms. The minimum Gasteiger partial charge on any atom is -0.465 e. The monoisotopic (exact) mass is 267 g/mol. The average molecular weight is 267 g/mol. The molecule has 1 amide bonds. The summed E-state index contributed by atoms with van der Waals surface area (Å²) in [6, 6.07) is 17.0. The summed E-state index contributed by atoms with van der Waals surface area (Å²) in [4.78, 5) is 12.0. The van der Waals surface area contributed by atoms with Crippen LogP contribution in [0.2, 0.25) is 0 Å². The smallest absolute Gasteiger partial charge is 0.254 e. The van der Waals surface area contributed by atoms with Crippen LogP contribution < -0.4 is 10.1 Å². The minimum atomic E-state index is -0.176. The van der Waals surface area contributed by atoms with Gasteiger partial charge in [-0.2, -0.15) is 0 Å². The van der Waals surface area contributed by atoms with Crippen molar-refractivity contribution in [2.45, 2.75) is 13.8 Å². The van der Waals surface area contributed by atoms with Crippen molar-refractivity contribution in [3.05, 3.63) is 72.0 Å². The van der Waals surface area contributed by atoms with Crippen LogP contribution in [0.3, 0.4) is 0 Å². The Labute approximate surface area is 118 Å². The van der Waals surface area contributed by atoms with Crippen molar-refractivity contribution < 1.29 is 9.53 Å². The van der Waals surface area contributed by atoms with Crippen molar-refractivity contribution in [2.75, 3.05) is 5.32 Å². The first-order valence-corrected chi connectivity index (χ1v) is 6.41. The molecule has 0 aliphatic heterocycles. The van der Waals surface area contributed by atoms with Gasteiger partial charge in [-0.3, -0.25) is 4.79 Å². The molecular weight excluding hydrogens is 250 g/mol. The van der Waals surface area contributed by atoms with E-state index >= 15 is 0 Å². The second kappa shape index (κ2) is 6.57. The lowest BCUT2D eigenvalue weighted by molar-refractivity contribution is -0.112. The third-order valence-corrected chi connectivity index (χ3v) is 2.78. The molecule has 1 N–H and O–H groups in total. The van der Waals surface area contributed by atoms with Gasteiger partial charge in [-0.05, 0) is 38.1 Å². The lowest BCUT2D eigenvalue weighted by Gasteiger charge is -2.06. The molecule has 0 spiro atoms. The van der Waals surface area contributed by atoms with Gasteiger partial charge < -0.3 is 10.1 Å². The Hall–Kier alpha value is -2.55. The number of amides is 1. The molecule has 0 heterocycles. The van der Waals surface area contributed by atoms with E-state index in [1.165, 1.54) is 6.26 Å². The molecule has 0 aliphatic carbocycles. The van der Waals surface area contributed by atoms with Crippen molar-refractivity contribution in [3.63, 3.8) is 0 Å². The number of carbonyl (C=O) groups excluding carboxylic acids is 1. The van der Waals surface area contributed by atoms with E-state index in [1.54, 1.807) is 6.92 Å². The van der Waals surface area contributed by atoms with Gasteiger partial charge >= 0.3 is 0 Å². The predicted molar refractivity (Wildman–Crippen MR) is 80.6 cm³/mol. The summed E-state index contributed by atoms with van der Waals surface area (Å²) < 4.78 is 5.42. The summed E-state index contributed by atoms with van der Waals surface area (Å²) in [7, 11) is 0. The molecule has 0 atom stereocenters. The second-order valence-electron chi connectivity index (χ2n) is 4.55. The predicted octanol–water partition coefficient (Wildman–Crippen LogP) is 3.92. The zero-order valence-corrected chi connectivity index (χ0v) is 11.6. The Morgan fingerprint density at radius 3 is 2.35 bits per heavy atom. The van der Waals surface area contributed by atoms with E-state index in [0.717, 1.165) is 11.3 Å². The third-order valence-electron chi connectivity index (χ3n) is 2.78. The summed E-state index contributed by atoms with van der Waals surface area (Å²) in [5.74, 6) is 0.528. The topological polar surface area (TPSA) is 38.3 Å². The molecule has 0 radical (unpaired) electrons. The van der Waals surface area contributed by atoms with Crippen LogP contribution in [0.15, 0.2) is 66.4 Å². The third kappa shape index (κ3) is 3.99. The van der Waals surface area contributed by atoms with Gasteiger partial charge in [0.15, 0.2) is 0 Å². The first-order valence-electron chi connectivity index (χ1n) is 6.41. The highest BCUT2D eigenvalue weighted by molar-refractivity contribution is 6.03. The number of hydrogen-bond acceptors (Lipinski definition) is 2. The molecule has 2 aromatic rings. The molecule has 3 nitrogen and oxygen atoms in total. The maximum absolute atomic E-state index is 12.0. The quantitative estimate of drug-likeness (QED) is 0.673. The van der Waals surface area contributed by atoms with Gasteiger partial charge in [0.1, 0.15) is 5.75 Å². The molecule has 20 heavy (non-hydrogen) atoms. The van der Waals surface area contributed by atoms with E-state index in [9.17, 15) is 4.79 Å². The zero-order chi connectivity index (χ0) is 14.4. The SMILES string of the molecule is CC(=COc1ccccc1)C(=O)Nc1ccc(C)cc1. The largest absolute Gasteiger partial charge is 0.465 e. The molecule has 2 aromatic carbocycles. The molecule has 0 aliphatic rings. The summed E-state index contributed by atoms with van der Waals surface area (Å²) in [6.45, 7) is 3.72. The van der Waals surface area contributed by atoms with Gasteiger partial charge in [-0.25, -0.2) is 0 Å². The number of ether oxygens (including phenoxy) is 1. The maximum atomic E-state index is 12.0. The van der Waals surface area contributed by atoms with Gasteiger partial charge in [-0.15, -0.1) is 0 Å². The Kier molecular flexibility index (Phi) is 4.56. The molecule has 0 saturated heterocycles. The standard InChI is InChI=1S/C17H17NO2/c1-13-8-10-15(11-9-13)18-17(19)14(2)12-20-16-6-4-3-5-7-16/h3-12H,1-2H3,(H,18,19). The molecule has 2 rings (SSSR count). The lowest BCUT2D eigenvalue weighted by atomic mass is 10.2. The van der Waals surface area contributed by atoms with Crippen molar-refractivity contribution in [1.82, 2.24) is 0 Å². The number of carbonyl (C=O) groups is 1. The van der Waals surface area contributed by atoms with Gasteiger partial charge in [-0.1, -0.05) is 35.9 Å². The Morgan fingerprint density at radius 2 is 1.70 bits per heavy atom. The summed E-state index contributed by atoms with van der Waals surface area (Å²) in [5.41, 5.74) is 2.44. The van der Waals surface area contributed by atoms with Crippen molar-refractivity contribution in [1.29, 1.82) is 0 Å². The number of rotatable bonds is 4. The highest BCUT2D eigenvalue weighted by atomic mass is 16.5. The van der Waals surface area contributed by atoms with Crippen molar-refractivity contribution in [2.24, 2.45) is 0 Å². The molecule has 0 unspecified atom stereocenters. The van der Waals surface area contributed by atoms with Crippen molar-refractivity contribution in [3.8, 4) is 5.75 Å². The van der Waals surface area contributed by atoms with Crippen LogP contribution in [-0.4, -0.2) is 5.91 Å². The summed E-state index contributed by atoms with van der Waals surface area (Å²) in [6.07, 6.45) is 1.46. The van der Waals surface area contributed by atoms with Gasteiger partial charge in [0.05, 0.1) is 6.26 Å². The molecular formula is C17H17NO2. The number of nitrogens with one attached hydrogen (secondary N) is 1. The van der Waals surface area contributed by atoms with Gasteiger partial charge in [0.2, 0.25) is 0 Å². The fourth-order valence-electron chi connectivity index (χ4n) is 1.58. The number of aryl methyl sites for hydroxylation is 1. The van der Waals surface area contributed by atoms with E-state index in [0.29, 0.717) is 11.3 Å². The Bertz CT molecular complexity index is 601. The van der Waals surface area contributed by atoms with Crippen LogP contribution in [-0.2, 0) is 4.79 Å². The molecule has 0 fully saturated rings. The first kappa shape index (κ1) is 13.9. The highest BCUT2D eigenvalue weighted by Gasteiger charge is 2.05. The van der Waals surface area contributed by atoms with E-state index in [-0.39, 0.29) is 5.91 Å². The van der Waals surface area contributed by atoms with Crippen LogP contribution in [0.1, 0.15) is 12.5 Å². The van der Waals surface area contributed by atoms with Gasteiger partial charge in [0, 0.05) is 11.3 Å². The molecule has 0 aromatic heterocycles. The first-order chi connectivity index (χ1) is 9.65. The van der Waals surface area contributed by atoms with E-state index in [4.69, 9.17) is 4.74 Å². The number of anilines is 1. The number of hydrogen-bond donors (Lipinski definition) is 1. The summed E-state index contributed by atoms with van der Waals surface area (Å²) in [5, 5.41) is 2.82. The van der Waals surface area contributed by atoms with Crippen LogP contribution in [0.5, 0.6) is 5.75 Å². The minimum absolute atomic E-state index is 0.176. The van der Waals surface area contributed by atoms with Crippen LogP contribution >= 0.6 is 0 Å². The fourth-order valence-corrected chi connectivity index (χ4v) is 1.58. The lowest BCUT2D eigenvalue weighted by Crippen LogP contribution is -2.13. The Balaban J connectivity index is 1.96. The second-order valence-corrected chi connectivity index (χ2v) is 4.55. The van der Waals surface area contributed by atoms with E-state index < -0.39 is 0 Å². The van der Waals surface area contributed by atoms with E-state index in [2.05, 4.69) is 5.32 Å². The number of benzene rings is 2.